The minimum absolute atomic E-state index is 0.0428. The molecular weight excluding hydrogens is 242 g/mol. The molecule has 0 unspecified atom stereocenters. The number of hydrogen-bond donors (Lipinski definition) is 2. The molecule has 104 valence electrons. The van der Waals surface area contributed by atoms with Gasteiger partial charge < -0.3 is 15.2 Å². The summed E-state index contributed by atoms with van der Waals surface area (Å²) in [6.45, 7) is 5.42. The third-order valence-corrected chi connectivity index (χ3v) is 3.64. The van der Waals surface area contributed by atoms with E-state index in [-0.39, 0.29) is 23.4 Å². The van der Waals surface area contributed by atoms with Crippen LogP contribution in [0.4, 0.5) is 5.82 Å². The Labute approximate surface area is 112 Å². The lowest BCUT2D eigenvalue weighted by atomic mass is 9.96. The summed E-state index contributed by atoms with van der Waals surface area (Å²) < 4.78 is 1.69. The molecule has 1 aromatic heterocycles. The van der Waals surface area contributed by atoms with E-state index >= 15 is 0 Å². The number of nitrogens with one attached hydrogen (secondary N) is 1. The zero-order chi connectivity index (χ0) is 14.0. The number of rotatable bonds is 3. The van der Waals surface area contributed by atoms with Crippen molar-refractivity contribution in [2.45, 2.75) is 32.7 Å². The van der Waals surface area contributed by atoms with E-state index in [2.05, 4.69) is 4.98 Å². The quantitative estimate of drug-likeness (QED) is 0.628. The van der Waals surface area contributed by atoms with E-state index in [4.69, 9.17) is 11.1 Å². The topological polar surface area (TPSA) is 88.0 Å². The number of piperidine rings is 1. The first-order chi connectivity index (χ1) is 9.00. The third kappa shape index (κ3) is 2.77. The normalized spacial score (nSPS) is 16.9. The first kappa shape index (κ1) is 13.6. The highest BCUT2D eigenvalue weighted by atomic mass is 16.1. The van der Waals surface area contributed by atoms with Gasteiger partial charge in [0.25, 0.3) is 5.56 Å². The van der Waals surface area contributed by atoms with Crippen LogP contribution in [0.15, 0.2) is 17.2 Å². The molecule has 1 aliphatic rings. The van der Waals surface area contributed by atoms with Crippen molar-refractivity contribution in [3.63, 3.8) is 0 Å². The van der Waals surface area contributed by atoms with E-state index in [0.29, 0.717) is 5.82 Å². The smallest absolute Gasteiger partial charge is 0.293 e. The fourth-order valence-electron chi connectivity index (χ4n) is 2.44. The van der Waals surface area contributed by atoms with Gasteiger partial charge in [-0.25, -0.2) is 4.98 Å². The van der Waals surface area contributed by atoms with Crippen molar-refractivity contribution in [2.24, 2.45) is 11.7 Å². The first-order valence-corrected chi connectivity index (χ1v) is 6.66. The number of anilines is 1. The molecule has 0 saturated carbocycles. The second kappa shape index (κ2) is 5.42. The Balaban J connectivity index is 2.18. The van der Waals surface area contributed by atoms with Crippen molar-refractivity contribution in [3.05, 3.63) is 22.7 Å². The Morgan fingerprint density at radius 3 is 2.63 bits per heavy atom. The molecular formula is C13H21N5O. The number of amidine groups is 1. The van der Waals surface area contributed by atoms with Crippen molar-refractivity contribution < 1.29 is 0 Å². The molecule has 0 aliphatic carbocycles. The highest BCUT2D eigenvalue weighted by Gasteiger charge is 2.24. The van der Waals surface area contributed by atoms with Gasteiger partial charge in [-0.05, 0) is 26.7 Å². The summed E-state index contributed by atoms with van der Waals surface area (Å²) in [5, 5.41) is 7.47. The largest absolute Gasteiger partial charge is 0.387 e. The lowest BCUT2D eigenvalue weighted by Gasteiger charge is -2.32. The lowest BCUT2D eigenvalue weighted by molar-refractivity contribution is 0.489. The van der Waals surface area contributed by atoms with Gasteiger partial charge in [-0.1, -0.05) is 0 Å². The van der Waals surface area contributed by atoms with Crippen molar-refractivity contribution in [1.82, 2.24) is 9.55 Å². The monoisotopic (exact) mass is 263 g/mol. The van der Waals surface area contributed by atoms with Gasteiger partial charge in [-0.15, -0.1) is 0 Å². The van der Waals surface area contributed by atoms with Crippen LogP contribution in [0.2, 0.25) is 0 Å². The number of nitrogens with zero attached hydrogens (tertiary/aromatic N) is 3. The Morgan fingerprint density at radius 2 is 2.11 bits per heavy atom. The van der Waals surface area contributed by atoms with E-state index in [0.717, 1.165) is 25.9 Å². The van der Waals surface area contributed by atoms with Gasteiger partial charge in [0.1, 0.15) is 0 Å². The summed E-state index contributed by atoms with van der Waals surface area (Å²) >= 11 is 0. The number of nitrogens with two attached hydrogens (primary N) is 1. The maximum Gasteiger partial charge on any atom is 0.293 e. The molecule has 1 saturated heterocycles. The summed E-state index contributed by atoms with van der Waals surface area (Å²) in [6.07, 6.45) is 5.02. The van der Waals surface area contributed by atoms with Gasteiger partial charge in [0, 0.05) is 37.4 Å². The van der Waals surface area contributed by atoms with E-state index in [1.54, 1.807) is 17.0 Å². The Morgan fingerprint density at radius 1 is 1.47 bits per heavy atom. The van der Waals surface area contributed by atoms with Gasteiger partial charge >= 0.3 is 0 Å². The zero-order valence-corrected chi connectivity index (χ0v) is 11.5. The average molecular weight is 263 g/mol. The van der Waals surface area contributed by atoms with Crippen molar-refractivity contribution in [2.75, 3.05) is 18.0 Å². The van der Waals surface area contributed by atoms with Crippen LogP contribution >= 0.6 is 0 Å². The Bertz CT molecular complexity index is 514. The van der Waals surface area contributed by atoms with E-state index in [1.807, 2.05) is 18.7 Å². The van der Waals surface area contributed by atoms with E-state index in [1.165, 1.54) is 0 Å². The van der Waals surface area contributed by atoms with Gasteiger partial charge in [0.15, 0.2) is 5.82 Å². The standard InChI is InChI=1S/C13H21N5O/c1-9(2)18-8-5-16-12(13(18)19)17-6-3-10(4-7-17)11(14)15/h5,8-10H,3-4,6-7H2,1-2H3,(H3,14,15). The summed E-state index contributed by atoms with van der Waals surface area (Å²) in [5.41, 5.74) is 5.49. The third-order valence-electron chi connectivity index (χ3n) is 3.64. The van der Waals surface area contributed by atoms with Crippen LogP contribution in [-0.4, -0.2) is 28.5 Å². The minimum Gasteiger partial charge on any atom is -0.387 e. The fraction of sp³-hybridized carbons (Fsp3) is 0.615. The maximum absolute atomic E-state index is 12.3. The number of hydrogen-bond acceptors (Lipinski definition) is 4. The lowest BCUT2D eigenvalue weighted by Crippen LogP contribution is -2.42. The van der Waals surface area contributed by atoms with Gasteiger partial charge in [-0.3, -0.25) is 10.2 Å². The van der Waals surface area contributed by atoms with Crippen LogP contribution < -0.4 is 16.2 Å². The molecule has 2 heterocycles. The first-order valence-electron chi connectivity index (χ1n) is 6.66. The van der Waals surface area contributed by atoms with Crippen LogP contribution in [0.25, 0.3) is 0 Å². The molecule has 6 nitrogen and oxygen atoms in total. The summed E-state index contributed by atoms with van der Waals surface area (Å²) in [7, 11) is 0. The van der Waals surface area contributed by atoms with Crippen LogP contribution in [-0.2, 0) is 0 Å². The van der Waals surface area contributed by atoms with Gasteiger partial charge in [0.2, 0.25) is 0 Å². The summed E-state index contributed by atoms with van der Waals surface area (Å²) in [6, 6.07) is 0.129. The Hall–Kier alpha value is -1.85. The van der Waals surface area contributed by atoms with Crippen LogP contribution in [0.1, 0.15) is 32.7 Å². The molecule has 1 aromatic rings. The highest BCUT2D eigenvalue weighted by molar-refractivity contribution is 5.79. The average Bonchev–Trinajstić information content (AvgIpc) is 2.38. The Kier molecular flexibility index (Phi) is 3.87. The van der Waals surface area contributed by atoms with Crippen LogP contribution in [0.3, 0.4) is 0 Å². The number of aromatic nitrogens is 2. The molecule has 0 amide bonds. The summed E-state index contributed by atoms with van der Waals surface area (Å²) in [4.78, 5) is 18.5. The minimum atomic E-state index is -0.0428. The van der Waals surface area contributed by atoms with Crippen molar-refractivity contribution in [1.29, 1.82) is 5.41 Å². The predicted molar refractivity (Wildman–Crippen MR) is 75.7 cm³/mol. The SMILES string of the molecule is CC(C)n1ccnc(N2CCC(C(=N)N)CC2)c1=O. The van der Waals surface area contributed by atoms with Crippen molar-refractivity contribution >= 4 is 11.7 Å². The molecule has 3 N–H and O–H groups in total. The maximum atomic E-state index is 12.3. The predicted octanol–water partition coefficient (Wildman–Crippen LogP) is 0.977. The van der Waals surface area contributed by atoms with E-state index in [9.17, 15) is 4.79 Å². The second-order valence-electron chi connectivity index (χ2n) is 5.27. The fourth-order valence-corrected chi connectivity index (χ4v) is 2.44. The van der Waals surface area contributed by atoms with E-state index < -0.39 is 0 Å². The zero-order valence-electron chi connectivity index (χ0n) is 11.5. The second-order valence-corrected chi connectivity index (χ2v) is 5.27. The van der Waals surface area contributed by atoms with Gasteiger partial charge in [0.05, 0.1) is 5.84 Å². The van der Waals surface area contributed by atoms with Crippen LogP contribution in [0.5, 0.6) is 0 Å². The summed E-state index contributed by atoms with van der Waals surface area (Å²) in [5.74, 6) is 0.908. The molecule has 1 aliphatic heterocycles. The highest BCUT2D eigenvalue weighted by Crippen LogP contribution is 2.19. The molecule has 2 rings (SSSR count). The molecule has 0 radical (unpaired) electrons. The molecule has 1 fully saturated rings. The molecule has 0 aromatic carbocycles. The molecule has 19 heavy (non-hydrogen) atoms. The molecule has 6 heteroatoms. The molecule has 0 atom stereocenters. The molecule has 0 bridgehead atoms. The molecule has 0 spiro atoms. The van der Waals surface area contributed by atoms with Crippen LogP contribution in [0, 0.1) is 11.3 Å². The van der Waals surface area contributed by atoms with Gasteiger partial charge in [-0.2, -0.15) is 0 Å². The van der Waals surface area contributed by atoms with Crippen molar-refractivity contribution in [3.8, 4) is 0 Å².